The minimum Gasteiger partial charge on any atom is -0.497 e. The highest BCUT2D eigenvalue weighted by Crippen LogP contribution is 2.24. The van der Waals surface area contributed by atoms with Crippen molar-refractivity contribution in [2.45, 2.75) is 17.7 Å². The minimum atomic E-state index is -0.312. The van der Waals surface area contributed by atoms with Crippen LogP contribution in [0.1, 0.15) is 12.8 Å². The number of likely N-dealkylation sites (tertiary alicyclic amines) is 1. The molecule has 1 atom stereocenters. The van der Waals surface area contributed by atoms with Crippen molar-refractivity contribution in [3.05, 3.63) is 24.3 Å². The van der Waals surface area contributed by atoms with E-state index in [1.54, 1.807) is 12.0 Å². The number of carbonyl (C=O) groups is 2. The highest BCUT2D eigenvalue weighted by Gasteiger charge is 2.26. The standard InChI is InChI=1S/C15H20N2O3S/c1-20-12-5-2-6-13(8-12)21-10-14(18)17-7-3-4-11(9-17)15(16)19/h2,5-6,8,11H,3-4,7,9-10H2,1H3,(H2,16,19). The Labute approximate surface area is 128 Å². The van der Waals surface area contributed by atoms with E-state index in [1.807, 2.05) is 24.3 Å². The summed E-state index contributed by atoms with van der Waals surface area (Å²) in [4.78, 5) is 26.2. The summed E-state index contributed by atoms with van der Waals surface area (Å²) in [5.74, 6) is 0.670. The first-order valence-electron chi connectivity index (χ1n) is 6.94. The van der Waals surface area contributed by atoms with Crippen LogP contribution in [0.15, 0.2) is 29.2 Å². The number of benzene rings is 1. The van der Waals surface area contributed by atoms with Crippen molar-refractivity contribution in [3.63, 3.8) is 0 Å². The van der Waals surface area contributed by atoms with Gasteiger partial charge in [0.25, 0.3) is 0 Å². The summed E-state index contributed by atoms with van der Waals surface area (Å²) in [5, 5.41) is 0. The number of primary amides is 1. The number of carbonyl (C=O) groups excluding carboxylic acids is 2. The first-order valence-corrected chi connectivity index (χ1v) is 7.92. The third-order valence-electron chi connectivity index (χ3n) is 3.58. The summed E-state index contributed by atoms with van der Waals surface area (Å²) in [6, 6.07) is 7.62. The van der Waals surface area contributed by atoms with Crippen molar-refractivity contribution >= 4 is 23.6 Å². The number of methoxy groups -OCH3 is 1. The van der Waals surface area contributed by atoms with E-state index in [1.165, 1.54) is 11.8 Å². The van der Waals surface area contributed by atoms with Gasteiger partial charge in [-0.15, -0.1) is 11.8 Å². The molecule has 1 aromatic carbocycles. The Kier molecular flexibility index (Phi) is 5.50. The van der Waals surface area contributed by atoms with Gasteiger partial charge in [0.2, 0.25) is 11.8 Å². The van der Waals surface area contributed by atoms with Crippen LogP contribution in [0, 0.1) is 5.92 Å². The lowest BCUT2D eigenvalue weighted by Gasteiger charge is -2.31. The number of thioether (sulfide) groups is 1. The van der Waals surface area contributed by atoms with E-state index in [0.717, 1.165) is 23.5 Å². The maximum Gasteiger partial charge on any atom is 0.232 e. The summed E-state index contributed by atoms with van der Waals surface area (Å²) in [6.07, 6.45) is 1.62. The molecule has 1 fully saturated rings. The zero-order chi connectivity index (χ0) is 15.2. The topological polar surface area (TPSA) is 72.6 Å². The van der Waals surface area contributed by atoms with Crippen LogP contribution in [0.2, 0.25) is 0 Å². The van der Waals surface area contributed by atoms with Crippen LogP contribution in [-0.2, 0) is 9.59 Å². The molecule has 1 saturated heterocycles. The lowest BCUT2D eigenvalue weighted by atomic mass is 9.97. The number of ether oxygens (including phenoxy) is 1. The van der Waals surface area contributed by atoms with Crippen LogP contribution in [0.5, 0.6) is 5.75 Å². The fourth-order valence-corrected chi connectivity index (χ4v) is 3.21. The van der Waals surface area contributed by atoms with Gasteiger partial charge in [0.1, 0.15) is 5.75 Å². The van der Waals surface area contributed by atoms with Gasteiger partial charge < -0.3 is 15.4 Å². The molecule has 2 rings (SSSR count). The molecule has 0 saturated carbocycles. The van der Waals surface area contributed by atoms with Gasteiger partial charge >= 0.3 is 0 Å². The van der Waals surface area contributed by atoms with Crippen molar-refractivity contribution in [2.75, 3.05) is 26.0 Å². The highest BCUT2D eigenvalue weighted by atomic mass is 32.2. The number of nitrogens with two attached hydrogens (primary N) is 1. The molecule has 2 N–H and O–H groups in total. The molecule has 5 nitrogen and oxygen atoms in total. The lowest BCUT2D eigenvalue weighted by Crippen LogP contribution is -2.44. The fraction of sp³-hybridized carbons (Fsp3) is 0.467. The zero-order valence-electron chi connectivity index (χ0n) is 12.1. The van der Waals surface area contributed by atoms with Crippen molar-refractivity contribution in [3.8, 4) is 5.75 Å². The van der Waals surface area contributed by atoms with Crippen molar-refractivity contribution in [1.29, 1.82) is 0 Å². The molecule has 114 valence electrons. The smallest absolute Gasteiger partial charge is 0.232 e. The van der Waals surface area contributed by atoms with Gasteiger partial charge in [-0.1, -0.05) is 6.07 Å². The summed E-state index contributed by atoms with van der Waals surface area (Å²) in [7, 11) is 1.62. The van der Waals surface area contributed by atoms with Crippen molar-refractivity contribution in [1.82, 2.24) is 4.90 Å². The lowest BCUT2D eigenvalue weighted by molar-refractivity contribution is -0.132. The van der Waals surface area contributed by atoms with E-state index in [4.69, 9.17) is 10.5 Å². The number of piperidine rings is 1. The molecule has 1 aromatic rings. The Bertz CT molecular complexity index is 521. The molecule has 1 unspecified atom stereocenters. The Balaban J connectivity index is 1.87. The molecule has 0 aromatic heterocycles. The Morgan fingerprint density at radius 3 is 3.00 bits per heavy atom. The van der Waals surface area contributed by atoms with Gasteiger partial charge in [-0.3, -0.25) is 9.59 Å². The predicted molar refractivity (Wildman–Crippen MR) is 82.2 cm³/mol. The molecule has 6 heteroatoms. The summed E-state index contributed by atoms with van der Waals surface area (Å²) in [5.41, 5.74) is 5.33. The van der Waals surface area contributed by atoms with E-state index in [0.29, 0.717) is 18.8 Å². The third kappa shape index (κ3) is 4.39. The van der Waals surface area contributed by atoms with Gasteiger partial charge in [0.05, 0.1) is 18.8 Å². The molecule has 1 aliphatic rings. The predicted octanol–water partition coefficient (Wildman–Crippen LogP) is 1.51. The first-order chi connectivity index (χ1) is 10.1. The monoisotopic (exact) mass is 308 g/mol. The van der Waals surface area contributed by atoms with Crippen LogP contribution in [0.4, 0.5) is 0 Å². The average Bonchev–Trinajstić information content (AvgIpc) is 2.53. The quantitative estimate of drug-likeness (QED) is 0.837. The number of amides is 2. The SMILES string of the molecule is COc1cccc(SCC(=O)N2CCCC(C(N)=O)C2)c1. The molecular weight excluding hydrogens is 288 g/mol. The Morgan fingerprint density at radius 2 is 2.29 bits per heavy atom. The van der Waals surface area contributed by atoms with E-state index in [-0.39, 0.29) is 17.7 Å². The first kappa shape index (κ1) is 15.7. The maximum atomic E-state index is 12.2. The van der Waals surface area contributed by atoms with E-state index in [9.17, 15) is 9.59 Å². The molecule has 1 heterocycles. The molecule has 2 amide bonds. The van der Waals surface area contributed by atoms with E-state index >= 15 is 0 Å². The Morgan fingerprint density at radius 1 is 1.48 bits per heavy atom. The molecule has 0 radical (unpaired) electrons. The second-order valence-corrected chi connectivity index (χ2v) is 6.10. The van der Waals surface area contributed by atoms with Crippen molar-refractivity contribution in [2.24, 2.45) is 11.7 Å². The zero-order valence-corrected chi connectivity index (χ0v) is 12.9. The molecule has 21 heavy (non-hydrogen) atoms. The van der Waals surface area contributed by atoms with Crippen LogP contribution in [0.25, 0.3) is 0 Å². The molecule has 0 aliphatic carbocycles. The normalized spacial score (nSPS) is 18.3. The fourth-order valence-electron chi connectivity index (χ4n) is 2.36. The van der Waals surface area contributed by atoms with E-state index in [2.05, 4.69) is 0 Å². The third-order valence-corrected chi connectivity index (χ3v) is 4.56. The van der Waals surface area contributed by atoms with Crippen molar-refractivity contribution < 1.29 is 14.3 Å². The number of nitrogens with zero attached hydrogens (tertiary/aromatic N) is 1. The van der Waals surface area contributed by atoms with Gasteiger partial charge in [0.15, 0.2) is 0 Å². The highest BCUT2D eigenvalue weighted by molar-refractivity contribution is 8.00. The maximum absolute atomic E-state index is 12.2. The van der Waals surface area contributed by atoms with E-state index < -0.39 is 0 Å². The van der Waals surface area contributed by atoms with Crippen LogP contribution >= 0.6 is 11.8 Å². The van der Waals surface area contributed by atoms with Crippen LogP contribution in [0.3, 0.4) is 0 Å². The summed E-state index contributed by atoms with van der Waals surface area (Å²) >= 11 is 1.47. The molecular formula is C15H20N2O3S. The minimum absolute atomic E-state index is 0.0498. The molecule has 0 spiro atoms. The second-order valence-electron chi connectivity index (χ2n) is 5.05. The van der Waals surface area contributed by atoms with Gasteiger partial charge in [-0.25, -0.2) is 0 Å². The average molecular weight is 308 g/mol. The summed E-state index contributed by atoms with van der Waals surface area (Å²) in [6.45, 7) is 1.16. The number of rotatable bonds is 5. The Hall–Kier alpha value is -1.69. The van der Waals surface area contributed by atoms with Crippen LogP contribution in [-0.4, -0.2) is 42.7 Å². The number of hydrogen-bond acceptors (Lipinski definition) is 4. The molecule has 0 bridgehead atoms. The van der Waals surface area contributed by atoms with Crippen LogP contribution < -0.4 is 10.5 Å². The van der Waals surface area contributed by atoms with Gasteiger partial charge in [-0.2, -0.15) is 0 Å². The summed E-state index contributed by atoms with van der Waals surface area (Å²) < 4.78 is 5.16. The molecule has 1 aliphatic heterocycles. The van der Waals surface area contributed by atoms with Gasteiger partial charge in [0, 0.05) is 18.0 Å². The second kappa shape index (κ2) is 7.36. The largest absolute Gasteiger partial charge is 0.497 e. The number of hydrogen-bond donors (Lipinski definition) is 1. The van der Waals surface area contributed by atoms with Gasteiger partial charge in [-0.05, 0) is 31.0 Å².